The molecule has 0 unspecified atom stereocenters. The molecule has 0 aromatic rings. The second-order valence-electron chi connectivity index (χ2n) is 4.66. The lowest BCUT2D eigenvalue weighted by Crippen LogP contribution is -2.26. The first-order valence-corrected chi connectivity index (χ1v) is 6.82. The molecule has 1 aliphatic carbocycles. The molecule has 0 heterocycles. The van der Waals surface area contributed by atoms with Crippen molar-refractivity contribution in [1.82, 2.24) is 5.32 Å². The van der Waals surface area contributed by atoms with Gasteiger partial charge in [0.2, 0.25) is 5.91 Å². The zero-order chi connectivity index (χ0) is 12.3. The summed E-state index contributed by atoms with van der Waals surface area (Å²) >= 11 is 0. The molecule has 17 heavy (non-hydrogen) atoms. The van der Waals surface area contributed by atoms with Crippen molar-refractivity contribution in [1.29, 1.82) is 0 Å². The minimum absolute atomic E-state index is 0.0247. The maximum Gasteiger partial charge on any atom is 0.220 e. The lowest BCUT2D eigenvalue weighted by molar-refractivity contribution is -0.121. The van der Waals surface area contributed by atoms with Crippen LogP contribution in [0, 0.1) is 0 Å². The number of carbonyl (C=O) groups is 1. The van der Waals surface area contributed by atoms with Gasteiger partial charge in [-0.1, -0.05) is 19.3 Å². The normalized spacial score (nSPS) is 17.0. The van der Waals surface area contributed by atoms with E-state index < -0.39 is 0 Å². The molecule has 1 rings (SSSR count). The summed E-state index contributed by atoms with van der Waals surface area (Å²) in [7, 11) is 0. The third-order valence-electron chi connectivity index (χ3n) is 3.11. The lowest BCUT2D eigenvalue weighted by Gasteiger charge is -2.21. The minimum Gasteiger partial charge on any atom is -0.396 e. The van der Waals surface area contributed by atoms with Crippen molar-refractivity contribution in [3.8, 4) is 0 Å². The average molecular weight is 243 g/mol. The molecule has 4 nitrogen and oxygen atoms in total. The van der Waals surface area contributed by atoms with Crippen LogP contribution in [0.2, 0.25) is 0 Å². The molecule has 100 valence electrons. The monoisotopic (exact) mass is 243 g/mol. The van der Waals surface area contributed by atoms with Crippen LogP contribution in [-0.2, 0) is 9.53 Å². The topological polar surface area (TPSA) is 58.6 Å². The second kappa shape index (κ2) is 9.42. The Morgan fingerprint density at radius 3 is 2.71 bits per heavy atom. The highest BCUT2D eigenvalue weighted by atomic mass is 16.5. The molecule has 0 radical (unpaired) electrons. The number of aliphatic hydroxyl groups excluding tert-OH is 1. The van der Waals surface area contributed by atoms with E-state index in [9.17, 15) is 4.79 Å². The number of carbonyl (C=O) groups excluding carboxylic acids is 1. The van der Waals surface area contributed by atoms with Gasteiger partial charge in [-0.2, -0.15) is 0 Å². The van der Waals surface area contributed by atoms with Crippen LogP contribution in [0.5, 0.6) is 0 Å². The largest absolute Gasteiger partial charge is 0.396 e. The van der Waals surface area contributed by atoms with E-state index in [1.807, 2.05) is 0 Å². The summed E-state index contributed by atoms with van der Waals surface area (Å²) in [4.78, 5) is 11.2. The second-order valence-corrected chi connectivity index (χ2v) is 4.66. The Bertz CT molecular complexity index is 203. The summed E-state index contributed by atoms with van der Waals surface area (Å²) in [6.45, 7) is 1.50. The Labute approximate surface area is 104 Å². The van der Waals surface area contributed by atoms with E-state index in [4.69, 9.17) is 9.84 Å². The van der Waals surface area contributed by atoms with Gasteiger partial charge in [0.15, 0.2) is 0 Å². The van der Waals surface area contributed by atoms with Crippen molar-refractivity contribution in [2.24, 2.45) is 0 Å². The van der Waals surface area contributed by atoms with Gasteiger partial charge in [0, 0.05) is 26.2 Å². The molecule has 2 N–H and O–H groups in total. The summed E-state index contributed by atoms with van der Waals surface area (Å²) in [5.74, 6) is 0.0247. The van der Waals surface area contributed by atoms with Crippen molar-refractivity contribution in [2.75, 3.05) is 19.8 Å². The zero-order valence-electron chi connectivity index (χ0n) is 10.6. The number of nitrogens with one attached hydrogen (secondary N) is 1. The molecule has 4 heteroatoms. The zero-order valence-corrected chi connectivity index (χ0v) is 10.6. The molecule has 0 spiro atoms. The van der Waals surface area contributed by atoms with Crippen molar-refractivity contribution in [2.45, 2.75) is 57.5 Å². The molecule has 1 amide bonds. The lowest BCUT2D eigenvalue weighted by atomic mass is 9.98. The van der Waals surface area contributed by atoms with E-state index in [1.54, 1.807) is 0 Å². The highest BCUT2D eigenvalue weighted by Gasteiger charge is 2.12. The fourth-order valence-corrected chi connectivity index (χ4v) is 2.11. The number of aliphatic hydroxyl groups is 1. The smallest absolute Gasteiger partial charge is 0.220 e. The van der Waals surface area contributed by atoms with Gasteiger partial charge >= 0.3 is 0 Å². The fourth-order valence-electron chi connectivity index (χ4n) is 2.11. The molecule has 1 aliphatic rings. The molecule has 0 bridgehead atoms. The number of ether oxygens (including phenoxy) is 1. The van der Waals surface area contributed by atoms with Crippen molar-refractivity contribution < 1.29 is 14.6 Å². The Morgan fingerprint density at radius 1 is 1.24 bits per heavy atom. The van der Waals surface area contributed by atoms with Gasteiger partial charge in [-0.15, -0.1) is 0 Å². The van der Waals surface area contributed by atoms with Crippen molar-refractivity contribution in [3.05, 3.63) is 0 Å². The summed E-state index contributed by atoms with van der Waals surface area (Å²) in [5, 5.41) is 11.4. The number of hydrogen-bond acceptors (Lipinski definition) is 3. The van der Waals surface area contributed by atoms with E-state index in [1.165, 1.54) is 32.1 Å². The van der Waals surface area contributed by atoms with E-state index in [0.29, 0.717) is 25.5 Å². The Kier molecular flexibility index (Phi) is 8.01. The van der Waals surface area contributed by atoms with Crippen LogP contribution in [0.15, 0.2) is 0 Å². The van der Waals surface area contributed by atoms with Crippen LogP contribution >= 0.6 is 0 Å². The molecule has 0 atom stereocenters. The molecular weight excluding hydrogens is 218 g/mol. The van der Waals surface area contributed by atoms with Gasteiger partial charge in [0.25, 0.3) is 0 Å². The van der Waals surface area contributed by atoms with Crippen molar-refractivity contribution in [3.63, 3.8) is 0 Å². The van der Waals surface area contributed by atoms with E-state index >= 15 is 0 Å². The van der Waals surface area contributed by atoms with Gasteiger partial charge in [-0.05, 0) is 25.7 Å². The van der Waals surface area contributed by atoms with Crippen LogP contribution < -0.4 is 5.32 Å². The number of rotatable bonds is 8. The molecule has 0 saturated heterocycles. The molecule has 0 aliphatic heterocycles. The summed E-state index contributed by atoms with van der Waals surface area (Å²) in [5.41, 5.74) is 0. The molecule has 1 saturated carbocycles. The molecule has 0 aromatic heterocycles. The number of amides is 1. The van der Waals surface area contributed by atoms with Crippen molar-refractivity contribution >= 4 is 5.91 Å². The first kappa shape index (κ1) is 14.5. The summed E-state index contributed by atoms with van der Waals surface area (Å²) < 4.78 is 5.75. The van der Waals surface area contributed by atoms with Gasteiger partial charge in [-0.25, -0.2) is 0 Å². The van der Waals surface area contributed by atoms with Crippen LogP contribution in [0.25, 0.3) is 0 Å². The van der Waals surface area contributed by atoms with Gasteiger partial charge in [0.1, 0.15) is 0 Å². The van der Waals surface area contributed by atoms with Crippen LogP contribution in [0.3, 0.4) is 0 Å². The van der Waals surface area contributed by atoms with E-state index in [2.05, 4.69) is 5.32 Å². The molecule has 0 aromatic carbocycles. The van der Waals surface area contributed by atoms with Crippen LogP contribution in [0.1, 0.15) is 51.4 Å². The maximum absolute atomic E-state index is 11.2. The van der Waals surface area contributed by atoms with E-state index in [0.717, 1.165) is 13.0 Å². The maximum atomic E-state index is 11.2. The van der Waals surface area contributed by atoms with E-state index in [-0.39, 0.29) is 12.5 Å². The predicted molar refractivity (Wildman–Crippen MR) is 66.8 cm³/mol. The predicted octanol–water partition coefficient (Wildman–Crippen LogP) is 1.61. The quantitative estimate of drug-likeness (QED) is 0.637. The fraction of sp³-hybridized carbons (Fsp3) is 0.923. The highest BCUT2D eigenvalue weighted by Crippen LogP contribution is 2.20. The van der Waals surface area contributed by atoms with Crippen LogP contribution in [0.4, 0.5) is 0 Å². The highest BCUT2D eigenvalue weighted by molar-refractivity contribution is 5.75. The Balaban J connectivity index is 1.88. The minimum atomic E-state index is 0.0247. The summed E-state index contributed by atoms with van der Waals surface area (Å²) in [6, 6.07) is 0. The third-order valence-corrected chi connectivity index (χ3v) is 3.11. The SMILES string of the molecule is O=C(CCCO)NCCCOC1CCCCC1. The van der Waals surface area contributed by atoms with Gasteiger partial charge in [0.05, 0.1) is 6.10 Å². The van der Waals surface area contributed by atoms with Gasteiger partial charge in [-0.3, -0.25) is 4.79 Å². The Morgan fingerprint density at radius 2 is 2.00 bits per heavy atom. The average Bonchev–Trinajstić information content (AvgIpc) is 2.37. The molecule has 1 fully saturated rings. The van der Waals surface area contributed by atoms with Gasteiger partial charge < -0.3 is 15.2 Å². The first-order chi connectivity index (χ1) is 8.33. The van der Waals surface area contributed by atoms with Crippen LogP contribution in [-0.4, -0.2) is 36.9 Å². The Hall–Kier alpha value is -0.610. The molecular formula is C13H25NO3. The third kappa shape index (κ3) is 7.34. The summed E-state index contributed by atoms with van der Waals surface area (Å²) in [6.07, 6.45) is 8.62. The number of hydrogen-bond donors (Lipinski definition) is 2. The standard InChI is InChI=1S/C13H25NO3/c15-10-4-8-13(16)14-9-5-11-17-12-6-2-1-3-7-12/h12,15H,1-11H2,(H,14,16). The first-order valence-electron chi connectivity index (χ1n) is 6.82.